The third-order valence-corrected chi connectivity index (χ3v) is 2.56. The van der Waals surface area contributed by atoms with E-state index in [1.54, 1.807) is 7.11 Å². The second-order valence-corrected chi connectivity index (χ2v) is 3.92. The fourth-order valence-electron chi connectivity index (χ4n) is 1.50. The van der Waals surface area contributed by atoms with E-state index in [-0.39, 0.29) is 6.04 Å². The highest BCUT2D eigenvalue weighted by Crippen LogP contribution is 2.20. The molecular formula is C11H18N4O2. The Balaban J connectivity index is 3.08. The van der Waals surface area contributed by atoms with E-state index in [0.29, 0.717) is 23.7 Å². The van der Waals surface area contributed by atoms with Crippen LogP contribution in [0.1, 0.15) is 17.3 Å². The summed E-state index contributed by atoms with van der Waals surface area (Å²) in [5, 5.41) is 0. The number of aromatic nitrogens is 1. The third-order valence-electron chi connectivity index (χ3n) is 2.56. The molecule has 1 aromatic rings. The average molecular weight is 238 g/mol. The molecular weight excluding hydrogens is 220 g/mol. The van der Waals surface area contributed by atoms with Gasteiger partial charge in [-0.2, -0.15) is 0 Å². The maximum atomic E-state index is 11.3. The molecule has 6 nitrogen and oxygen atoms in total. The zero-order valence-corrected chi connectivity index (χ0v) is 10.3. The van der Waals surface area contributed by atoms with Crippen molar-refractivity contribution in [1.29, 1.82) is 0 Å². The van der Waals surface area contributed by atoms with Gasteiger partial charge in [-0.1, -0.05) is 0 Å². The molecule has 6 heteroatoms. The number of pyridine rings is 1. The van der Waals surface area contributed by atoms with Gasteiger partial charge < -0.3 is 21.1 Å². The number of carbonyl (C=O) groups excluding carboxylic acids is 1. The zero-order valence-electron chi connectivity index (χ0n) is 10.3. The second-order valence-electron chi connectivity index (χ2n) is 3.92. The first-order valence-corrected chi connectivity index (χ1v) is 5.24. The summed E-state index contributed by atoms with van der Waals surface area (Å²) < 4.78 is 5.06. The van der Waals surface area contributed by atoms with Crippen molar-refractivity contribution in [2.45, 2.75) is 13.0 Å². The summed E-state index contributed by atoms with van der Waals surface area (Å²) in [4.78, 5) is 17.3. The summed E-state index contributed by atoms with van der Waals surface area (Å²) in [6.45, 7) is 2.49. The Hall–Kier alpha value is -1.82. The number of ether oxygens (including phenoxy) is 1. The van der Waals surface area contributed by atoms with Gasteiger partial charge in [-0.15, -0.1) is 0 Å². The lowest BCUT2D eigenvalue weighted by molar-refractivity contribution is 0.1000. The number of carbonyl (C=O) groups is 1. The van der Waals surface area contributed by atoms with Gasteiger partial charge in [-0.25, -0.2) is 4.98 Å². The smallest absolute Gasteiger partial charge is 0.252 e. The van der Waals surface area contributed by atoms with Gasteiger partial charge in [0.15, 0.2) is 0 Å². The Morgan fingerprint density at radius 3 is 2.82 bits per heavy atom. The molecule has 0 aliphatic rings. The van der Waals surface area contributed by atoms with Crippen LogP contribution in [0.3, 0.4) is 0 Å². The number of hydrogen-bond donors (Lipinski definition) is 2. The zero-order chi connectivity index (χ0) is 13.0. The Labute approximate surface area is 101 Å². The summed E-state index contributed by atoms with van der Waals surface area (Å²) in [5.74, 6) is -0.0347. The van der Waals surface area contributed by atoms with E-state index in [1.807, 2.05) is 18.9 Å². The number of methoxy groups -OCH3 is 1. The Morgan fingerprint density at radius 1 is 1.65 bits per heavy atom. The van der Waals surface area contributed by atoms with Crippen molar-refractivity contribution in [1.82, 2.24) is 4.98 Å². The second kappa shape index (κ2) is 5.49. The highest BCUT2D eigenvalue weighted by molar-refractivity contribution is 5.98. The quantitative estimate of drug-likeness (QED) is 0.766. The molecule has 0 spiro atoms. The minimum Gasteiger partial charge on any atom is -0.397 e. The lowest BCUT2D eigenvalue weighted by Crippen LogP contribution is -2.35. The van der Waals surface area contributed by atoms with E-state index in [9.17, 15) is 4.79 Å². The molecule has 0 aliphatic carbocycles. The van der Waals surface area contributed by atoms with Crippen LogP contribution in [0, 0.1) is 0 Å². The van der Waals surface area contributed by atoms with Crippen molar-refractivity contribution >= 4 is 17.4 Å². The number of likely N-dealkylation sites (N-methyl/N-ethyl adjacent to an activating group) is 1. The molecule has 1 rings (SSSR count). The van der Waals surface area contributed by atoms with Crippen molar-refractivity contribution in [3.63, 3.8) is 0 Å². The van der Waals surface area contributed by atoms with Gasteiger partial charge in [0.2, 0.25) is 0 Å². The molecule has 94 valence electrons. The van der Waals surface area contributed by atoms with Crippen LogP contribution in [0.2, 0.25) is 0 Å². The van der Waals surface area contributed by atoms with E-state index in [0.717, 1.165) is 0 Å². The number of rotatable bonds is 5. The van der Waals surface area contributed by atoms with E-state index in [2.05, 4.69) is 4.98 Å². The van der Waals surface area contributed by atoms with Gasteiger partial charge >= 0.3 is 0 Å². The molecule has 0 aromatic carbocycles. The van der Waals surface area contributed by atoms with Gasteiger partial charge in [0.1, 0.15) is 5.82 Å². The fraction of sp³-hybridized carbons (Fsp3) is 0.455. The van der Waals surface area contributed by atoms with E-state index < -0.39 is 5.91 Å². The average Bonchev–Trinajstić information content (AvgIpc) is 2.28. The molecule has 17 heavy (non-hydrogen) atoms. The van der Waals surface area contributed by atoms with Gasteiger partial charge in [-0.05, 0) is 13.0 Å². The Kier molecular flexibility index (Phi) is 4.28. The number of primary amides is 1. The molecule has 0 fully saturated rings. The first kappa shape index (κ1) is 13.2. The van der Waals surface area contributed by atoms with Crippen molar-refractivity contribution in [3.05, 3.63) is 17.8 Å². The lowest BCUT2D eigenvalue weighted by Gasteiger charge is -2.26. The standard InChI is InChI=1S/C11H18N4O2/c1-7(6-17-3)15(2)11-9(10(13)16)4-8(12)5-14-11/h4-5,7H,6,12H2,1-3H3,(H2,13,16). The first-order valence-electron chi connectivity index (χ1n) is 5.24. The predicted octanol–water partition coefficient (Wildman–Crippen LogP) is 0.234. The van der Waals surface area contributed by atoms with Gasteiger partial charge in [-0.3, -0.25) is 4.79 Å². The normalized spacial score (nSPS) is 12.2. The van der Waals surface area contributed by atoms with Crippen LogP contribution in [0.5, 0.6) is 0 Å². The minimum atomic E-state index is -0.545. The third kappa shape index (κ3) is 3.07. The topological polar surface area (TPSA) is 94.5 Å². The summed E-state index contributed by atoms with van der Waals surface area (Å²) in [7, 11) is 3.45. The number of nitrogens with two attached hydrogens (primary N) is 2. The first-order chi connectivity index (χ1) is 7.97. The number of hydrogen-bond acceptors (Lipinski definition) is 5. The van der Waals surface area contributed by atoms with Crippen molar-refractivity contribution in [2.75, 3.05) is 31.4 Å². The molecule has 0 bridgehead atoms. The summed E-state index contributed by atoms with van der Waals surface area (Å²) >= 11 is 0. The van der Waals surface area contributed by atoms with Crippen LogP contribution in [0.4, 0.5) is 11.5 Å². The molecule has 1 amide bonds. The van der Waals surface area contributed by atoms with Crippen LogP contribution < -0.4 is 16.4 Å². The minimum absolute atomic E-state index is 0.0780. The van der Waals surface area contributed by atoms with Gasteiger partial charge in [0.25, 0.3) is 5.91 Å². The van der Waals surface area contributed by atoms with E-state index in [4.69, 9.17) is 16.2 Å². The van der Waals surface area contributed by atoms with Crippen LogP contribution in [-0.2, 0) is 4.74 Å². The molecule has 0 saturated heterocycles. The fourth-order valence-corrected chi connectivity index (χ4v) is 1.50. The molecule has 0 saturated carbocycles. The van der Waals surface area contributed by atoms with Crippen LogP contribution >= 0.6 is 0 Å². The lowest BCUT2D eigenvalue weighted by atomic mass is 10.2. The Bertz CT molecular complexity index is 408. The molecule has 4 N–H and O–H groups in total. The van der Waals surface area contributed by atoms with Crippen molar-refractivity contribution in [2.24, 2.45) is 5.73 Å². The summed E-state index contributed by atoms with van der Waals surface area (Å²) in [6.07, 6.45) is 1.50. The molecule has 0 aliphatic heterocycles. The predicted molar refractivity (Wildman–Crippen MR) is 66.9 cm³/mol. The van der Waals surface area contributed by atoms with Crippen LogP contribution in [0.15, 0.2) is 12.3 Å². The Morgan fingerprint density at radius 2 is 2.29 bits per heavy atom. The SMILES string of the molecule is COCC(C)N(C)c1ncc(N)cc1C(N)=O. The highest BCUT2D eigenvalue weighted by Gasteiger charge is 2.18. The number of anilines is 2. The van der Waals surface area contributed by atoms with Crippen LogP contribution in [0.25, 0.3) is 0 Å². The van der Waals surface area contributed by atoms with Crippen LogP contribution in [-0.4, -0.2) is 37.7 Å². The monoisotopic (exact) mass is 238 g/mol. The summed E-state index contributed by atoms with van der Waals surface area (Å²) in [6, 6.07) is 1.61. The molecule has 0 radical (unpaired) electrons. The van der Waals surface area contributed by atoms with Crippen molar-refractivity contribution < 1.29 is 9.53 Å². The summed E-state index contributed by atoms with van der Waals surface area (Å²) in [5.41, 5.74) is 11.6. The largest absolute Gasteiger partial charge is 0.397 e. The van der Waals surface area contributed by atoms with Gasteiger partial charge in [0.05, 0.1) is 30.1 Å². The van der Waals surface area contributed by atoms with Crippen molar-refractivity contribution in [3.8, 4) is 0 Å². The van der Waals surface area contributed by atoms with E-state index in [1.165, 1.54) is 12.3 Å². The van der Waals surface area contributed by atoms with E-state index >= 15 is 0 Å². The maximum Gasteiger partial charge on any atom is 0.252 e. The number of nitrogen functional groups attached to an aromatic ring is 1. The molecule has 1 aromatic heterocycles. The molecule has 1 unspecified atom stereocenters. The molecule has 1 atom stereocenters. The van der Waals surface area contributed by atoms with Gasteiger partial charge in [0, 0.05) is 14.2 Å². The maximum absolute atomic E-state index is 11.3. The number of nitrogens with zero attached hydrogens (tertiary/aromatic N) is 2. The molecule has 1 heterocycles. The highest BCUT2D eigenvalue weighted by atomic mass is 16.5. The number of amides is 1.